The Morgan fingerprint density at radius 1 is 0.457 bits per heavy atom. The average molecular weight is 475 g/mol. The lowest BCUT2D eigenvalue weighted by atomic mass is 10.0. The Morgan fingerprint density at radius 2 is 0.800 bits per heavy atom. The minimum absolute atomic E-state index is 1.15. The van der Waals surface area contributed by atoms with E-state index in [0.29, 0.717) is 0 Å². The molecule has 0 fully saturated rings. The van der Waals surface area contributed by atoms with E-state index in [2.05, 4.69) is 86.0 Å². The zero-order chi connectivity index (χ0) is 24.9. The number of benzene rings is 2. The maximum atomic E-state index is 3.85. The smallest absolute Gasteiger partial charge is 0.105 e. The van der Waals surface area contributed by atoms with Gasteiger partial charge in [0.25, 0.3) is 0 Å². The van der Waals surface area contributed by atoms with E-state index in [4.69, 9.17) is 0 Å². The van der Waals surface area contributed by atoms with Gasteiger partial charge in [0.2, 0.25) is 0 Å². The molecule has 0 aliphatic heterocycles. The molecule has 0 radical (unpaired) electrons. The van der Waals surface area contributed by atoms with Crippen LogP contribution >= 0.6 is 0 Å². The van der Waals surface area contributed by atoms with E-state index >= 15 is 0 Å². The topological polar surface area (TPSA) is 0 Å². The minimum Gasteiger partial charge on any atom is -0.316 e. The molecule has 0 aromatic heterocycles. The molecule has 0 bridgehead atoms. The van der Waals surface area contributed by atoms with Crippen molar-refractivity contribution in [3.8, 4) is 0 Å². The molecular formula is C34H52N+. The summed E-state index contributed by atoms with van der Waals surface area (Å²) in [6.45, 7) is 12.6. The summed E-state index contributed by atoms with van der Waals surface area (Å²) in [5, 5.41) is 0. The first kappa shape index (κ1) is 29.1. The Kier molecular flexibility index (Phi) is 15.9. The molecule has 1 heteroatoms. The lowest BCUT2D eigenvalue weighted by molar-refractivity contribution is -0.954. The second kappa shape index (κ2) is 19.1. The van der Waals surface area contributed by atoms with Gasteiger partial charge in [-0.25, -0.2) is 0 Å². The Labute approximate surface area is 217 Å². The largest absolute Gasteiger partial charge is 0.316 e. The van der Waals surface area contributed by atoms with Gasteiger partial charge in [0.05, 0.1) is 13.1 Å². The van der Waals surface area contributed by atoms with Gasteiger partial charge in [-0.15, -0.1) is 13.2 Å². The summed E-state index contributed by atoms with van der Waals surface area (Å²) in [4.78, 5) is 0. The summed E-state index contributed by atoms with van der Waals surface area (Å²) in [6.07, 6.45) is 22.7. The summed E-state index contributed by atoms with van der Waals surface area (Å²) in [6, 6.07) is 22.4. The standard InChI is InChI=1S/C34H52N/c1-3-5-7-9-11-13-15-23-29-35(31-33-25-19-17-20-26-33,32-34-27-21-18-22-28-34)30-24-16-14-12-10-8-6-4-2/h3-4,17-22,25-28H,1-2,5-16,23-24,29-32H2/q+1. The van der Waals surface area contributed by atoms with Crippen LogP contribution in [0.4, 0.5) is 0 Å². The van der Waals surface area contributed by atoms with Crippen LogP contribution in [0.25, 0.3) is 0 Å². The zero-order valence-corrected chi connectivity index (χ0v) is 22.5. The van der Waals surface area contributed by atoms with Crippen molar-refractivity contribution < 1.29 is 4.48 Å². The fourth-order valence-electron chi connectivity index (χ4n) is 5.31. The predicted octanol–water partition coefficient (Wildman–Crippen LogP) is 10.0. The first-order valence-corrected chi connectivity index (χ1v) is 14.4. The van der Waals surface area contributed by atoms with E-state index in [1.165, 1.54) is 119 Å². The molecule has 0 unspecified atom stereocenters. The van der Waals surface area contributed by atoms with Crippen molar-refractivity contribution in [2.45, 2.75) is 103 Å². The second-order valence-electron chi connectivity index (χ2n) is 10.5. The van der Waals surface area contributed by atoms with E-state index in [-0.39, 0.29) is 0 Å². The van der Waals surface area contributed by atoms with Crippen molar-refractivity contribution in [2.75, 3.05) is 13.1 Å². The quantitative estimate of drug-likeness (QED) is 0.0904. The van der Waals surface area contributed by atoms with Gasteiger partial charge in [-0.1, -0.05) is 111 Å². The molecule has 0 aliphatic rings. The SMILES string of the molecule is C=CCCCCCCCC[N+](CCCCCCCCC=C)(Cc1ccccc1)Cc1ccccc1. The van der Waals surface area contributed by atoms with Crippen LogP contribution in [0.2, 0.25) is 0 Å². The second-order valence-corrected chi connectivity index (χ2v) is 10.5. The van der Waals surface area contributed by atoms with Gasteiger partial charge in [0.15, 0.2) is 0 Å². The molecule has 0 saturated heterocycles. The summed E-state index contributed by atoms with van der Waals surface area (Å²) in [7, 11) is 0. The third-order valence-corrected chi connectivity index (χ3v) is 7.30. The molecule has 0 aliphatic carbocycles. The van der Waals surface area contributed by atoms with Crippen LogP contribution in [0.15, 0.2) is 86.0 Å². The van der Waals surface area contributed by atoms with Crippen LogP contribution in [0.3, 0.4) is 0 Å². The molecule has 2 aromatic rings. The lowest BCUT2D eigenvalue weighted by Crippen LogP contribution is -2.48. The fourth-order valence-corrected chi connectivity index (χ4v) is 5.31. The summed E-state index contributed by atoms with van der Waals surface area (Å²) < 4.78 is 1.20. The van der Waals surface area contributed by atoms with Crippen LogP contribution < -0.4 is 0 Å². The van der Waals surface area contributed by atoms with Crippen molar-refractivity contribution in [3.63, 3.8) is 0 Å². The highest BCUT2D eigenvalue weighted by atomic mass is 15.3. The molecule has 0 saturated carbocycles. The number of unbranched alkanes of at least 4 members (excludes halogenated alkanes) is 12. The number of hydrogen-bond acceptors (Lipinski definition) is 0. The normalized spacial score (nSPS) is 11.4. The molecule has 0 amide bonds. The highest BCUT2D eigenvalue weighted by molar-refractivity contribution is 5.15. The molecular weight excluding hydrogens is 422 g/mol. The molecule has 0 N–H and O–H groups in total. The van der Waals surface area contributed by atoms with Crippen LogP contribution in [0.1, 0.15) is 101 Å². The molecule has 1 nitrogen and oxygen atoms in total. The van der Waals surface area contributed by atoms with Gasteiger partial charge in [-0.3, -0.25) is 0 Å². The Hall–Kier alpha value is -2.12. The van der Waals surface area contributed by atoms with Crippen molar-refractivity contribution in [1.82, 2.24) is 0 Å². The monoisotopic (exact) mass is 474 g/mol. The Morgan fingerprint density at radius 3 is 1.17 bits per heavy atom. The summed E-state index contributed by atoms with van der Waals surface area (Å²) in [5.74, 6) is 0. The number of quaternary nitrogens is 1. The average Bonchev–Trinajstić information content (AvgIpc) is 2.88. The molecule has 2 rings (SSSR count). The maximum Gasteiger partial charge on any atom is 0.105 e. The van der Waals surface area contributed by atoms with Gasteiger partial charge in [-0.2, -0.15) is 0 Å². The van der Waals surface area contributed by atoms with E-state index in [1.807, 2.05) is 0 Å². The predicted molar refractivity (Wildman–Crippen MR) is 155 cm³/mol. The maximum absolute atomic E-state index is 3.85. The Bertz CT molecular complexity index is 696. The van der Waals surface area contributed by atoms with Gasteiger partial charge in [-0.05, 0) is 51.4 Å². The van der Waals surface area contributed by atoms with Crippen LogP contribution in [-0.4, -0.2) is 17.6 Å². The van der Waals surface area contributed by atoms with E-state index in [9.17, 15) is 0 Å². The van der Waals surface area contributed by atoms with Crippen molar-refractivity contribution in [2.24, 2.45) is 0 Å². The molecule has 0 atom stereocenters. The molecule has 0 spiro atoms. The number of hydrogen-bond donors (Lipinski definition) is 0. The fraction of sp³-hybridized carbons (Fsp3) is 0.529. The van der Waals surface area contributed by atoms with Crippen LogP contribution in [0.5, 0.6) is 0 Å². The van der Waals surface area contributed by atoms with E-state index < -0.39 is 0 Å². The van der Waals surface area contributed by atoms with Crippen LogP contribution in [-0.2, 0) is 13.1 Å². The molecule has 35 heavy (non-hydrogen) atoms. The Balaban J connectivity index is 1.98. The highest BCUT2D eigenvalue weighted by Crippen LogP contribution is 2.24. The summed E-state index contributed by atoms with van der Waals surface area (Å²) >= 11 is 0. The molecule has 2 aromatic carbocycles. The first-order valence-electron chi connectivity index (χ1n) is 14.4. The first-order chi connectivity index (χ1) is 17.3. The van der Waals surface area contributed by atoms with E-state index in [1.54, 1.807) is 0 Å². The van der Waals surface area contributed by atoms with Gasteiger partial charge in [0, 0.05) is 11.1 Å². The number of nitrogens with zero attached hydrogens (tertiary/aromatic N) is 1. The van der Waals surface area contributed by atoms with Crippen molar-refractivity contribution in [3.05, 3.63) is 97.1 Å². The number of rotatable bonds is 22. The number of allylic oxidation sites excluding steroid dienone is 2. The zero-order valence-electron chi connectivity index (χ0n) is 22.5. The third-order valence-electron chi connectivity index (χ3n) is 7.30. The summed E-state index contributed by atoms with van der Waals surface area (Å²) in [5.41, 5.74) is 2.97. The highest BCUT2D eigenvalue weighted by Gasteiger charge is 2.27. The van der Waals surface area contributed by atoms with Crippen LogP contribution in [0, 0.1) is 0 Å². The lowest BCUT2D eigenvalue weighted by Gasteiger charge is -2.39. The molecule has 192 valence electrons. The van der Waals surface area contributed by atoms with Crippen molar-refractivity contribution in [1.29, 1.82) is 0 Å². The van der Waals surface area contributed by atoms with Crippen molar-refractivity contribution >= 4 is 0 Å². The van der Waals surface area contributed by atoms with Gasteiger partial charge in [0.1, 0.15) is 13.1 Å². The third kappa shape index (κ3) is 13.5. The molecule has 0 heterocycles. The minimum atomic E-state index is 1.15. The van der Waals surface area contributed by atoms with Gasteiger partial charge >= 0.3 is 0 Å². The van der Waals surface area contributed by atoms with E-state index in [0.717, 1.165) is 13.1 Å². The van der Waals surface area contributed by atoms with Gasteiger partial charge < -0.3 is 4.48 Å².